The number of halogens is 2. The van der Waals surface area contributed by atoms with Gasteiger partial charge in [0.1, 0.15) is 12.6 Å². The van der Waals surface area contributed by atoms with Gasteiger partial charge in [-0.25, -0.2) is 8.42 Å². The van der Waals surface area contributed by atoms with Crippen LogP contribution in [-0.2, 0) is 32.6 Å². The maximum absolute atomic E-state index is 14.4. The number of nitrogens with one attached hydrogen (secondary N) is 1. The van der Waals surface area contributed by atoms with Crippen molar-refractivity contribution in [2.45, 2.75) is 50.2 Å². The maximum Gasteiger partial charge on any atom is 0.264 e. The largest absolute Gasteiger partial charge is 0.350 e. The molecule has 10 heteroatoms. The van der Waals surface area contributed by atoms with Crippen LogP contribution in [0, 0.1) is 0 Å². The van der Waals surface area contributed by atoms with Crippen LogP contribution in [0.25, 0.3) is 0 Å². The van der Waals surface area contributed by atoms with Crippen LogP contribution in [0.5, 0.6) is 0 Å². The molecule has 0 saturated heterocycles. The third-order valence-corrected chi connectivity index (χ3v) is 9.33. The van der Waals surface area contributed by atoms with Gasteiger partial charge in [-0.2, -0.15) is 0 Å². The third kappa shape index (κ3) is 8.94. The van der Waals surface area contributed by atoms with Crippen LogP contribution in [0.15, 0.2) is 119 Å². The summed E-state index contributed by atoms with van der Waals surface area (Å²) in [4.78, 5) is 29.9. The van der Waals surface area contributed by atoms with E-state index in [0.29, 0.717) is 5.02 Å². The van der Waals surface area contributed by atoms with E-state index in [9.17, 15) is 18.0 Å². The molecule has 0 spiro atoms. The quantitative estimate of drug-likeness (QED) is 0.186. The van der Waals surface area contributed by atoms with E-state index in [4.69, 9.17) is 11.6 Å². The highest BCUT2D eigenvalue weighted by atomic mass is 79.9. The van der Waals surface area contributed by atoms with E-state index in [1.165, 1.54) is 17.0 Å². The molecule has 1 atom stereocenters. The predicted octanol–water partition coefficient (Wildman–Crippen LogP) is 6.85. The zero-order chi connectivity index (χ0) is 31.9. The molecule has 0 saturated carbocycles. The highest BCUT2D eigenvalue weighted by Gasteiger charge is 2.35. The molecule has 0 bridgehead atoms. The molecule has 7 nitrogen and oxygen atoms in total. The van der Waals surface area contributed by atoms with E-state index < -0.39 is 34.1 Å². The number of hydrogen-bond acceptors (Lipinski definition) is 4. The lowest BCUT2D eigenvalue weighted by molar-refractivity contribution is -0.140. The van der Waals surface area contributed by atoms with Crippen molar-refractivity contribution in [3.05, 3.63) is 130 Å². The van der Waals surface area contributed by atoms with Crippen LogP contribution in [0.2, 0.25) is 5.02 Å². The summed E-state index contributed by atoms with van der Waals surface area (Å²) in [5.74, 6) is -0.872. The molecule has 4 aromatic rings. The average Bonchev–Trinajstić information content (AvgIpc) is 2.99. The molecule has 0 aliphatic heterocycles. The van der Waals surface area contributed by atoms with E-state index in [1.54, 1.807) is 42.5 Å². The number of rotatable bonds is 11. The summed E-state index contributed by atoms with van der Waals surface area (Å²) in [5, 5.41) is 3.46. The number of carbonyl (C=O) groups is 2. The molecule has 4 aromatic carbocycles. The Kier molecular flexibility index (Phi) is 10.9. The summed E-state index contributed by atoms with van der Waals surface area (Å²) >= 11 is 9.57. The second kappa shape index (κ2) is 14.4. The van der Waals surface area contributed by atoms with Crippen molar-refractivity contribution in [2.75, 3.05) is 10.8 Å². The van der Waals surface area contributed by atoms with Gasteiger partial charge < -0.3 is 10.2 Å². The summed E-state index contributed by atoms with van der Waals surface area (Å²) in [6, 6.07) is 30.2. The van der Waals surface area contributed by atoms with Gasteiger partial charge in [0.25, 0.3) is 10.0 Å². The first-order chi connectivity index (χ1) is 20.8. The van der Waals surface area contributed by atoms with Crippen molar-refractivity contribution in [2.24, 2.45) is 0 Å². The minimum atomic E-state index is -4.17. The van der Waals surface area contributed by atoms with Crippen molar-refractivity contribution in [3.63, 3.8) is 0 Å². The Bertz CT molecular complexity index is 1660. The minimum absolute atomic E-state index is 0.0357. The third-order valence-electron chi connectivity index (χ3n) is 6.76. The number of sulfonamides is 1. The van der Waals surface area contributed by atoms with Crippen LogP contribution in [-0.4, -0.2) is 43.3 Å². The van der Waals surface area contributed by atoms with Gasteiger partial charge in [0.05, 0.1) is 10.6 Å². The first kappa shape index (κ1) is 33.2. The molecule has 0 fully saturated rings. The molecule has 0 radical (unpaired) electrons. The molecule has 230 valence electrons. The van der Waals surface area contributed by atoms with Gasteiger partial charge in [-0.15, -0.1) is 0 Å². The molecule has 0 heterocycles. The van der Waals surface area contributed by atoms with Crippen LogP contribution in [0.4, 0.5) is 5.69 Å². The Balaban J connectivity index is 1.80. The van der Waals surface area contributed by atoms with Gasteiger partial charge in [-0.1, -0.05) is 88.2 Å². The van der Waals surface area contributed by atoms with E-state index in [-0.39, 0.29) is 29.5 Å². The fourth-order valence-electron chi connectivity index (χ4n) is 4.65. The van der Waals surface area contributed by atoms with Crippen molar-refractivity contribution < 1.29 is 18.0 Å². The van der Waals surface area contributed by atoms with Crippen LogP contribution in [0.3, 0.4) is 0 Å². The highest BCUT2D eigenvalue weighted by Crippen LogP contribution is 2.26. The SMILES string of the molecule is CC(C)(C)NC(=O)[C@@H](Cc1ccccc1)N(Cc1ccc(Br)cc1)C(=O)CN(c1ccc(Cl)cc1)S(=O)(=O)c1ccccc1. The van der Waals surface area contributed by atoms with Gasteiger partial charge in [0, 0.05) is 28.0 Å². The Hall–Kier alpha value is -3.66. The minimum Gasteiger partial charge on any atom is -0.350 e. The zero-order valence-electron chi connectivity index (χ0n) is 24.8. The predicted molar refractivity (Wildman–Crippen MR) is 179 cm³/mol. The smallest absolute Gasteiger partial charge is 0.264 e. The van der Waals surface area contributed by atoms with Crippen LogP contribution >= 0.6 is 27.5 Å². The van der Waals surface area contributed by atoms with Gasteiger partial charge in [0.15, 0.2) is 0 Å². The normalized spacial score (nSPS) is 12.3. The summed E-state index contributed by atoms with van der Waals surface area (Å²) in [5.41, 5.74) is 1.35. The first-order valence-electron chi connectivity index (χ1n) is 14.1. The number of carbonyl (C=O) groups excluding carboxylic acids is 2. The lowest BCUT2D eigenvalue weighted by Crippen LogP contribution is -2.56. The number of nitrogens with zero attached hydrogens (tertiary/aromatic N) is 2. The van der Waals surface area contributed by atoms with Crippen LogP contribution < -0.4 is 9.62 Å². The summed E-state index contributed by atoms with van der Waals surface area (Å²) in [6.07, 6.45) is 0.234. The average molecular weight is 697 g/mol. The molecule has 0 aromatic heterocycles. The molecule has 0 aliphatic rings. The molecule has 44 heavy (non-hydrogen) atoms. The molecule has 0 unspecified atom stereocenters. The fraction of sp³-hybridized carbons (Fsp3) is 0.235. The van der Waals surface area contributed by atoms with E-state index >= 15 is 0 Å². The lowest BCUT2D eigenvalue weighted by atomic mass is 10.0. The maximum atomic E-state index is 14.4. The topological polar surface area (TPSA) is 86.8 Å². The van der Waals surface area contributed by atoms with Crippen molar-refractivity contribution in [1.29, 1.82) is 0 Å². The number of amides is 2. The number of benzene rings is 4. The van der Waals surface area contributed by atoms with Crippen molar-refractivity contribution in [3.8, 4) is 0 Å². The van der Waals surface area contributed by atoms with Gasteiger partial charge in [0.2, 0.25) is 11.8 Å². The van der Waals surface area contributed by atoms with Crippen LogP contribution in [0.1, 0.15) is 31.9 Å². The van der Waals surface area contributed by atoms with E-state index in [2.05, 4.69) is 21.2 Å². The Labute approximate surface area is 273 Å². The monoisotopic (exact) mass is 695 g/mol. The lowest BCUT2D eigenvalue weighted by Gasteiger charge is -2.35. The van der Waals surface area contributed by atoms with E-state index in [0.717, 1.165) is 19.9 Å². The standard InChI is InChI=1S/C34H35BrClN3O4S/c1-34(2,3)37-33(41)31(22-25-10-6-4-7-11-25)38(23-26-14-16-27(35)17-15-26)32(40)24-39(29-20-18-28(36)19-21-29)44(42,43)30-12-8-5-9-13-30/h4-21,31H,22-24H2,1-3H3,(H,37,41)/t31-/m1/s1. The van der Waals surface area contributed by atoms with Crippen molar-refractivity contribution >= 4 is 55.1 Å². The summed E-state index contributed by atoms with van der Waals surface area (Å²) in [6.45, 7) is 5.17. The molecule has 1 N–H and O–H groups in total. The fourth-order valence-corrected chi connectivity index (χ4v) is 6.47. The second-order valence-electron chi connectivity index (χ2n) is 11.4. The van der Waals surface area contributed by atoms with Gasteiger partial charge in [-0.3, -0.25) is 13.9 Å². The molecular weight excluding hydrogens is 662 g/mol. The highest BCUT2D eigenvalue weighted by molar-refractivity contribution is 9.10. The van der Waals surface area contributed by atoms with Gasteiger partial charge in [-0.05, 0) is 80.4 Å². The Morgan fingerprint density at radius 2 is 1.39 bits per heavy atom. The summed E-state index contributed by atoms with van der Waals surface area (Å²) < 4.78 is 29.9. The van der Waals surface area contributed by atoms with Gasteiger partial charge >= 0.3 is 0 Å². The first-order valence-corrected chi connectivity index (χ1v) is 16.7. The number of hydrogen-bond donors (Lipinski definition) is 1. The summed E-state index contributed by atoms with van der Waals surface area (Å²) in [7, 11) is -4.17. The van der Waals surface area contributed by atoms with Crippen molar-refractivity contribution in [1.82, 2.24) is 10.2 Å². The molecule has 2 amide bonds. The Morgan fingerprint density at radius 1 is 0.818 bits per heavy atom. The molecule has 4 rings (SSSR count). The molecule has 0 aliphatic carbocycles. The Morgan fingerprint density at radius 3 is 1.95 bits per heavy atom. The zero-order valence-corrected chi connectivity index (χ0v) is 27.9. The van der Waals surface area contributed by atoms with E-state index in [1.807, 2.05) is 75.4 Å². The number of anilines is 1. The molecular formula is C34H35BrClN3O4S. The second-order valence-corrected chi connectivity index (χ2v) is 14.6.